The molecule has 1 unspecified atom stereocenters. The van der Waals surface area contributed by atoms with Gasteiger partial charge in [0, 0.05) is 21.0 Å². The SMILES string of the molecule is COC([CH]COCCOC(C)=O)OC(C)=O. The summed E-state index contributed by atoms with van der Waals surface area (Å²) in [5.41, 5.74) is 0. The molecule has 16 heavy (non-hydrogen) atoms. The minimum absolute atomic E-state index is 0.203. The molecule has 0 saturated heterocycles. The molecule has 1 radical (unpaired) electrons. The van der Waals surface area contributed by atoms with Crippen LogP contribution in [0.25, 0.3) is 0 Å². The van der Waals surface area contributed by atoms with Crippen LogP contribution in [0, 0.1) is 6.42 Å². The Balaban J connectivity index is 3.41. The highest BCUT2D eigenvalue weighted by Crippen LogP contribution is 1.99. The van der Waals surface area contributed by atoms with Crippen LogP contribution in [0.15, 0.2) is 0 Å². The second-order valence-corrected chi connectivity index (χ2v) is 2.86. The summed E-state index contributed by atoms with van der Waals surface area (Å²) >= 11 is 0. The molecule has 6 heteroatoms. The first kappa shape index (κ1) is 14.9. The monoisotopic (exact) mass is 233 g/mol. The van der Waals surface area contributed by atoms with Crippen LogP contribution in [-0.4, -0.2) is 45.2 Å². The fourth-order valence-electron chi connectivity index (χ4n) is 0.830. The van der Waals surface area contributed by atoms with Crippen LogP contribution in [0.2, 0.25) is 0 Å². The van der Waals surface area contributed by atoms with E-state index < -0.39 is 12.3 Å². The third-order valence-corrected chi connectivity index (χ3v) is 1.45. The summed E-state index contributed by atoms with van der Waals surface area (Å²) in [4.78, 5) is 21.0. The van der Waals surface area contributed by atoms with E-state index in [2.05, 4.69) is 4.74 Å². The Morgan fingerprint density at radius 3 is 2.38 bits per heavy atom. The van der Waals surface area contributed by atoms with E-state index >= 15 is 0 Å². The number of ether oxygens (including phenoxy) is 4. The maximum atomic E-state index is 10.6. The number of carbonyl (C=O) groups is 2. The molecule has 0 rings (SSSR count). The third-order valence-electron chi connectivity index (χ3n) is 1.45. The normalized spacial score (nSPS) is 11.9. The molecule has 93 valence electrons. The second kappa shape index (κ2) is 9.11. The summed E-state index contributed by atoms with van der Waals surface area (Å²) < 4.78 is 19.3. The molecule has 0 saturated carbocycles. The van der Waals surface area contributed by atoms with Crippen LogP contribution in [0.4, 0.5) is 0 Å². The lowest BCUT2D eigenvalue weighted by molar-refractivity contribution is -0.166. The topological polar surface area (TPSA) is 71.1 Å². The van der Waals surface area contributed by atoms with E-state index in [1.807, 2.05) is 0 Å². The van der Waals surface area contributed by atoms with Crippen molar-refractivity contribution in [3.05, 3.63) is 6.42 Å². The molecule has 0 spiro atoms. The number of hydrogen-bond acceptors (Lipinski definition) is 6. The Hall–Kier alpha value is -1.14. The van der Waals surface area contributed by atoms with Gasteiger partial charge in [-0.05, 0) is 0 Å². The molecular weight excluding hydrogens is 216 g/mol. The van der Waals surface area contributed by atoms with Crippen LogP contribution >= 0.6 is 0 Å². The van der Waals surface area contributed by atoms with Gasteiger partial charge in [-0.25, -0.2) is 0 Å². The zero-order valence-corrected chi connectivity index (χ0v) is 9.73. The van der Waals surface area contributed by atoms with Gasteiger partial charge < -0.3 is 18.9 Å². The molecule has 0 aliphatic rings. The Kier molecular flexibility index (Phi) is 8.46. The molecule has 0 aromatic heterocycles. The average molecular weight is 233 g/mol. The molecule has 0 aliphatic carbocycles. The first-order chi connectivity index (χ1) is 7.56. The summed E-state index contributed by atoms with van der Waals surface area (Å²) in [5, 5.41) is 0. The first-order valence-corrected chi connectivity index (χ1v) is 4.80. The number of rotatable bonds is 8. The Bertz CT molecular complexity index is 215. The molecule has 0 aromatic carbocycles. The molecule has 0 N–H and O–H groups in total. The van der Waals surface area contributed by atoms with Crippen molar-refractivity contribution in [3.8, 4) is 0 Å². The van der Waals surface area contributed by atoms with Gasteiger partial charge >= 0.3 is 11.9 Å². The number of carbonyl (C=O) groups excluding carboxylic acids is 2. The van der Waals surface area contributed by atoms with E-state index in [0.717, 1.165) is 0 Å². The van der Waals surface area contributed by atoms with Gasteiger partial charge in [0.15, 0.2) is 0 Å². The van der Waals surface area contributed by atoms with E-state index in [-0.39, 0.29) is 25.8 Å². The summed E-state index contributed by atoms with van der Waals surface area (Å²) in [7, 11) is 1.42. The largest absolute Gasteiger partial charge is 0.463 e. The van der Waals surface area contributed by atoms with Gasteiger partial charge in [-0.3, -0.25) is 9.59 Å². The van der Waals surface area contributed by atoms with Gasteiger partial charge in [-0.15, -0.1) is 0 Å². The highest BCUT2D eigenvalue weighted by Gasteiger charge is 2.10. The van der Waals surface area contributed by atoms with Gasteiger partial charge in [0.05, 0.1) is 19.6 Å². The van der Waals surface area contributed by atoms with Crippen molar-refractivity contribution in [2.45, 2.75) is 20.1 Å². The molecule has 0 bridgehead atoms. The molecular formula is C10H17O6. The number of esters is 2. The maximum absolute atomic E-state index is 10.6. The molecule has 0 heterocycles. The molecule has 0 amide bonds. The van der Waals surface area contributed by atoms with Crippen molar-refractivity contribution in [1.82, 2.24) is 0 Å². The molecule has 1 atom stereocenters. The zero-order valence-electron chi connectivity index (χ0n) is 9.73. The molecule has 6 nitrogen and oxygen atoms in total. The zero-order chi connectivity index (χ0) is 12.4. The van der Waals surface area contributed by atoms with Crippen molar-refractivity contribution in [1.29, 1.82) is 0 Å². The Labute approximate surface area is 94.8 Å². The smallest absolute Gasteiger partial charge is 0.304 e. The highest BCUT2D eigenvalue weighted by molar-refractivity contribution is 5.66. The third kappa shape index (κ3) is 9.42. The van der Waals surface area contributed by atoms with Gasteiger partial charge in [0.1, 0.15) is 6.61 Å². The fourth-order valence-corrected chi connectivity index (χ4v) is 0.830. The lowest BCUT2D eigenvalue weighted by atomic mass is 10.4. The summed E-state index contributed by atoms with van der Waals surface area (Å²) in [6.07, 6.45) is 0.834. The predicted molar refractivity (Wildman–Crippen MR) is 54.3 cm³/mol. The molecule has 0 fully saturated rings. The second-order valence-electron chi connectivity index (χ2n) is 2.86. The van der Waals surface area contributed by atoms with Crippen LogP contribution in [0.1, 0.15) is 13.8 Å². The fraction of sp³-hybridized carbons (Fsp3) is 0.700. The lowest BCUT2D eigenvalue weighted by Gasteiger charge is -2.14. The van der Waals surface area contributed by atoms with Gasteiger partial charge in [-0.2, -0.15) is 0 Å². The van der Waals surface area contributed by atoms with Crippen molar-refractivity contribution in [2.24, 2.45) is 0 Å². The van der Waals surface area contributed by atoms with Crippen LogP contribution < -0.4 is 0 Å². The number of hydrogen-bond donors (Lipinski definition) is 0. The van der Waals surface area contributed by atoms with E-state index in [0.29, 0.717) is 0 Å². The molecule has 0 aliphatic heterocycles. The predicted octanol–water partition coefficient (Wildman–Crippen LogP) is 0.306. The van der Waals surface area contributed by atoms with Crippen LogP contribution in [-0.2, 0) is 28.5 Å². The quantitative estimate of drug-likeness (QED) is 0.341. The maximum Gasteiger partial charge on any atom is 0.304 e. The van der Waals surface area contributed by atoms with Gasteiger partial charge in [0.2, 0.25) is 6.29 Å². The van der Waals surface area contributed by atoms with E-state index in [4.69, 9.17) is 14.2 Å². The summed E-state index contributed by atoms with van der Waals surface area (Å²) in [6.45, 7) is 3.35. The van der Waals surface area contributed by atoms with Gasteiger partial charge in [-0.1, -0.05) is 0 Å². The van der Waals surface area contributed by atoms with E-state index in [1.165, 1.54) is 21.0 Å². The molecule has 0 aromatic rings. The first-order valence-electron chi connectivity index (χ1n) is 4.80. The number of methoxy groups -OCH3 is 1. The van der Waals surface area contributed by atoms with E-state index in [9.17, 15) is 9.59 Å². The summed E-state index contributed by atoms with van der Waals surface area (Å²) in [5.74, 6) is -0.773. The van der Waals surface area contributed by atoms with Crippen molar-refractivity contribution < 1.29 is 28.5 Å². The Morgan fingerprint density at radius 2 is 1.88 bits per heavy atom. The minimum atomic E-state index is -0.716. The van der Waals surface area contributed by atoms with Crippen molar-refractivity contribution in [2.75, 3.05) is 26.9 Å². The standard InChI is InChI=1S/C10H17O6/c1-8(11)15-7-6-14-5-4-10(13-3)16-9(2)12/h4,10H,5-7H2,1-3H3. The van der Waals surface area contributed by atoms with E-state index in [1.54, 1.807) is 6.42 Å². The van der Waals surface area contributed by atoms with Crippen molar-refractivity contribution >= 4 is 11.9 Å². The average Bonchev–Trinajstić information content (AvgIpc) is 2.20. The minimum Gasteiger partial charge on any atom is -0.463 e. The summed E-state index contributed by atoms with van der Waals surface area (Å²) in [6, 6.07) is 0. The Morgan fingerprint density at radius 1 is 1.19 bits per heavy atom. The van der Waals surface area contributed by atoms with Crippen LogP contribution in [0.5, 0.6) is 0 Å². The lowest BCUT2D eigenvalue weighted by Crippen LogP contribution is -2.21. The van der Waals surface area contributed by atoms with Crippen molar-refractivity contribution in [3.63, 3.8) is 0 Å². The highest BCUT2D eigenvalue weighted by atomic mass is 16.7. The van der Waals surface area contributed by atoms with Gasteiger partial charge in [0.25, 0.3) is 0 Å². The van der Waals surface area contributed by atoms with Crippen LogP contribution in [0.3, 0.4) is 0 Å².